The SMILES string of the molecule is O=S(=O)(NCc1cccc(C(F)(F)F)c1)C1CCNCC1. The van der Waals surface area contributed by atoms with Crippen LogP contribution >= 0.6 is 0 Å². The topological polar surface area (TPSA) is 58.2 Å². The van der Waals surface area contributed by atoms with E-state index in [-0.39, 0.29) is 6.54 Å². The van der Waals surface area contributed by atoms with Gasteiger partial charge in [-0.05, 0) is 37.6 Å². The molecule has 1 fully saturated rings. The molecule has 2 rings (SSSR count). The minimum atomic E-state index is -4.43. The van der Waals surface area contributed by atoms with E-state index in [1.165, 1.54) is 12.1 Å². The molecule has 0 saturated carbocycles. The van der Waals surface area contributed by atoms with E-state index >= 15 is 0 Å². The molecule has 1 heterocycles. The molecule has 0 bridgehead atoms. The number of piperidine rings is 1. The molecule has 0 aromatic heterocycles. The molecule has 1 aliphatic heterocycles. The van der Waals surface area contributed by atoms with E-state index < -0.39 is 27.0 Å². The Bertz CT molecular complexity index is 581. The average Bonchev–Trinajstić information content (AvgIpc) is 2.46. The first-order chi connectivity index (χ1) is 9.79. The maximum absolute atomic E-state index is 12.6. The second-order valence-electron chi connectivity index (χ2n) is 5.01. The van der Waals surface area contributed by atoms with Crippen molar-refractivity contribution in [2.75, 3.05) is 13.1 Å². The molecule has 1 aromatic carbocycles. The zero-order valence-electron chi connectivity index (χ0n) is 11.3. The molecule has 0 amide bonds. The molecule has 0 radical (unpaired) electrons. The molecule has 1 aromatic rings. The molecule has 0 unspecified atom stereocenters. The van der Waals surface area contributed by atoms with Gasteiger partial charge in [0.15, 0.2) is 0 Å². The van der Waals surface area contributed by atoms with E-state index in [1.54, 1.807) is 0 Å². The zero-order chi connectivity index (χ0) is 15.5. The highest BCUT2D eigenvalue weighted by molar-refractivity contribution is 7.90. The lowest BCUT2D eigenvalue weighted by Gasteiger charge is -2.23. The Labute approximate surface area is 121 Å². The fraction of sp³-hybridized carbons (Fsp3) is 0.538. The summed E-state index contributed by atoms with van der Waals surface area (Å²) in [7, 11) is -3.50. The van der Waals surface area contributed by atoms with Gasteiger partial charge in [0.2, 0.25) is 10.0 Å². The van der Waals surface area contributed by atoms with Gasteiger partial charge in [-0.15, -0.1) is 0 Å². The molecular weight excluding hydrogens is 305 g/mol. The summed E-state index contributed by atoms with van der Waals surface area (Å²) in [5, 5.41) is 2.59. The molecule has 21 heavy (non-hydrogen) atoms. The molecule has 0 aliphatic carbocycles. The van der Waals surface area contributed by atoms with Gasteiger partial charge < -0.3 is 5.32 Å². The number of benzene rings is 1. The van der Waals surface area contributed by atoms with Crippen LogP contribution in [-0.2, 0) is 22.7 Å². The number of nitrogens with one attached hydrogen (secondary N) is 2. The number of hydrogen-bond acceptors (Lipinski definition) is 3. The van der Waals surface area contributed by atoms with Crippen LogP contribution in [-0.4, -0.2) is 26.8 Å². The first-order valence-electron chi connectivity index (χ1n) is 6.64. The molecule has 118 valence electrons. The maximum Gasteiger partial charge on any atom is 0.416 e. The quantitative estimate of drug-likeness (QED) is 0.890. The normalized spacial score (nSPS) is 17.9. The number of hydrogen-bond donors (Lipinski definition) is 2. The van der Waals surface area contributed by atoms with Crippen molar-refractivity contribution in [1.29, 1.82) is 0 Å². The van der Waals surface area contributed by atoms with Crippen LogP contribution < -0.4 is 10.0 Å². The van der Waals surface area contributed by atoms with Crippen LogP contribution in [0.2, 0.25) is 0 Å². The van der Waals surface area contributed by atoms with Crippen molar-refractivity contribution < 1.29 is 21.6 Å². The molecule has 8 heteroatoms. The van der Waals surface area contributed by atoms with E-state index in [4.69, 9.17) is 0 Å². The smallest absolute Gasteiger partial charge is 0.317 e. The molecule has 2 N–H and O–H groups in total. The second kappa shape index (κ2) is 6.33. The van der Waals surface area contributed by atoms with Gasteiger partial charge >= 0.3 is 6.18 Å². The maximum atomic E-state index is 12.6. The monoisotopic (exact) mass is 322 g/mol. The Hall–Kier alpha value is -1.12. The molecule has 0 atom stereocenters. The van der Waals surface area contributed by atoms with E-state index in [1.807, 2.05) is 0 Å². The Kier molecular flexibility index (Phi) is 4.90. The van der Waals surface area contributed by atoms with Gasteiger partial charge in [0.1, 0.15) is 0 Å². The van der Waals surface area contributed by atoms with Crippen LogP contribution in [0, 0.1) is 0 Å². The third kappa shape index (κ3) is 4.42. The summed E-state index contributed by atoms with van der Waals surface area (Å²) in [6.07, 6.45) is -3.40. The number of alkyl halides is 3. The third-order valence-corrected chi connectivity index (χ3v) is 5.35. The second-order valence-corrected chi connectivity index (χ2v) is 7.06. The van der Waals surface area contributed by atoms with Crippen LogP contribution in [0.15, 0.2) is 24.3 Å². The molecule has 0 spiro atoms. The zero-order valence-corrected chi connectivity index (χ0v) is 12.1. The summed E-state index contributed by atoms with van der Waals surface area (Å²) < 4.78 is 64.3. The van der Waals surface area contributed by atoms with Gasteiger partial charge in [0.25, 0.3) is 0 Å². The highest BCUT2D eigenvalue weighted by Gasteiger charge is 2.31. The summed E-state index contributed by atoms with van der Waals surface area (Å²) >= 11 is 0. The Morgan fingerprint density at radius 2 is 1.90 bits per heavy atom. The summed E-state index contributed by atoms with van der Waals surface area (Å²) in [4.78, 5) is 0. The van der Waals surface area contributed by atoms with Crippen molar-refractivity contribution in [3.05, 3.63) is 35.4 Å². The molecule has 4 nitrogen and oxygen atoms in total. The predicted molar refractivity (Wildman–Crippen MR) is 73.1 cm³/mol. The summed E-state index contributed by atoms with van der Waals surface area (Å²) in [5.74, 6) is 0. The van der Waals surface area contributed by atoms with Crippen molar-refractivity contribution in [3.63, 3.8) is 0 Å². The van der Waals surface area contributed by atoms with E-state index in [9.17, 15) is 21.6 Å². The fourth-order valence-corrected chi connectivity index (χ4v) is 3.72. The summed E-state index contributed by atoms with van der Waals surface area (Å²) in [6, 6.07) is 4.67. The molecule has 1 aliphatic rings. The van der Waals surface area contributed by atoms with Crippen molar-refractivity contribution in [3.8, 4) is 0 Å². The lowest BCUT2D eigenvalue weighted by Crippen LogP contribution is -2.41. The number of sulfonamides is 1. The molecular formula is C13H17F3N2O2S. The van der Waals surface area contributed by atoms with Crippen LogP contribution in [0.5, 0.6) is 0 Å². The van der Waals surface area contributed by atoms with Crippen LogP contribution in [0.3, 0.4) is 0 Å². The Morgan fingerprint density at radius 1 is 1.24 bits per heavy atom. The van der Waals surface area contributed by atoms with Gasteiger partial charge in [-0.1, -0.05) is 18.2 Å². The minimum absolute atomic E-state index is 0.129. The lowest BCUT2D eigenvalue weighted by molar-refractivity contribution is -0.137. The number of rotatable bonds is 4. The summed E-state index contributed by atoms with van der Waals surface area (Å²) in [6.45, 7) is 1.14. The van der Waals surface area contributed by atoms with Crippen LogP contribution in [0.25, 0.3) is 0 Å². The standard InChI is InChI=1S/C13H17F3N2O2S/c14-13(15,16)11-3-1-2-10(8-11)9-18-21(19,20)12-4-6-17-7-5-12/h1-3,8,12,17-18H,4-7,9H2. The highest BCUT2D eigenvalue weighted by atomic mass is 32.2. The highest BCUT2D eigenvalue weighted by Crippen LogP contribution is 2.29. The van der Waals surface area contributed by atoms with Gasteiger partial charge in [0, 0.05) is 6.54 Å². The summed E-state index contributed by atoms with van der Waals surface area (Å²) in [5.41, 5.74) is -0.483. The van der Waals surface area contributed by atoms with Crippen LogP contribution in [0.4, 0.5) is 13.2 Å². The first-order valence-corrected chi connectivity index (χ1v) is 8.19. The largest absolute Gasteiger partial charge is 0.416 e. The van der Waals surface area contributed by atoms with Crippen LogP contribution in [0.1, 0.15) is 24.0 Å². The van der Waals surface area contributed by atoms with Gasteiger partial charge in [-0.25, -0.2) is 13.1 Å². The third-order valence-electron chi connectivity index (χ3n) is 3.46. The van der Waals surface area contributed by atoms with Crippen molar-refractivity contribution >= 4 is 10.0 Å². The van der Waals surface area contributed by atoms with E-state index in [0.29, 0.717) is 31.5 Å². The van der Waals surface area contributed by atoms with Gasteiger partial charge in [-0.3, -0.25) is 0 Å². The van der Waals surface area contributed by atoms with Gasteiger partial charge in [-0.2, -0.15) is 13.2 Å². The van der Waals surface area contributed by atoms with E-state index in [2.05, 4.69) is 10.0 Å². The Morgan fingerprint density at radius 3 is 2.52 bits per heavy atom. The van der Waals surface area contributed by atoms with Crippen molar-refractivity contribution in [1.82, 2.24) is 10.0 Å². The van der Waals surface area contributed by atoms with Gasteiger partial charge in [0.05, 0.1) is 10.8 Å². The first kappa shape index (κ1) is 16.3. The molecule has 1 saturated heterocycles. The van der Waals surface area contributed by atoms with Crippen molar-refractivity contribution in [2.45, 2.75) is 30.8 Å². The lowest BCUT2D eigenvalue weighted by atomic mass is 10.1. The van der Waals surface area contributed by atoms with Crippen molar-refractivity contribution in [2.24, 2.45) is 0 Å². The minimum Gasteiger partial charge on any atom is -0.317 e. The predicted octanol–water partition coefficient (Wildman–Crippen LogP) is 1.88. The average molecular weight is 322 g/mol. The number of halogens is 3. The Balaban J connectivity index is 2.02. The fourth-order valence-electron chi connectivity index (χ4n) is 2.27. The van der Waals surface area contributed by atoms with E-state index in [0.717, 1.165) is 12.1 Å².